The molecule has 3 rings (SSSR count). The van der Waals surface area contributed by atoms with Gasteiger partial charge in [0.05, 0.1) is 21.4 Å². The van der Waals surface area contributed by atoms with Gasteiger partial charge in [-0.25, -0.2) is 9.97 Å². The first-order chi connectivity index (χ1) is 10.6. The highest BCUT2D eigenvalue weighted by Crippen LogP contribution is 2.31. The number of aldehydes is 1. The van der Waals surface area contributed by atoms with E-state index >= 15 is 0 Å². The van der Waals surface area contributed by atoms with Gasteiger partial charge in [0.25, 0.3) is 6.23 Å². The summed E-state index contributed by atoms with van der Waals surface area (Å²) >= 11 is 11.9. The zero-order chi connectivity index (χ0) is 15.7. The van der Waals surface area contributed by atoms with E-state index in [2.05, 4.69) is 20.4 Å². The summed E-state index contributed by atoms with van der Waals surface area (Å²) in [6, 6.07) is 5.05. The molecular formula is C13H9Cl2N5O2. The van der Waals surface area contributed by atoms with Crippen LogP contribution < -0.4 is 11.1 Å². The molecule has 0 fully saturated rings. The van der Waals surface area contributed by atoms with Crippen LogP contribution in [0.5, 0.6) is 0 Å². The third-order valence-electron chi connectivity index (χ3n) is 2.96. The molecule has 0 bridgehead atoms. The number of nitrogens with two attached hydrogens (primary N) is 1. The van der Waals surface area contributed by atoms with Crippen LogP contribution in [-0.4, -0.2) is 28.3 Å². The Balaban J connectivity index is 2.02. The Hall–Kier alpha value is -2.38. The number of benzene rings is 1. The van der Waals surface area contributed by atoms with Gasteiger partial charge in [-0.15, -0.1) is 0 Å². The topological polar surface area (TPSA) is 102 Å². The van der Waals surface area contributed by atoms with Crippen molar-refractivity contribution < 1.29 is 9.63 Å². The summed E-state index contributed by atoms with van der Waals surface area (Å²) in [6.45, 7) is 0. The molecule has 0 spiro atoms. The lowest BCUT2D eigenvalue weighted by molar-refractivity contribution is -0.117. The number of halogens is 2. The fourth-order valence-electron chi connectivity index (χ4n) is 1.93. The van der Waals surface area contributed by atoms with Gasteiger partial charge < -0.3 is 15.9 Å². The van der Waals surface area contributed by atoms with Crippen LogP contribution >= 0.6 is 23.2 Å². The van der Waals surface area contributed by atoms with Gasteiger partial charge in [0.1, 0.15) is 12.0 Å². The van der Waals surface area contributed by atoms with E-state index in [1.165, 1.54) is 6.33 Å². The van der Waals surface area contributed by atoms with Gasteiger partial charge in [-0.2, -0.15) is 0 Å². The molecule has 1 aromatic carbocycles. The van der Waals surface area contributed by atoms with E-state index in [9.17, 15) is 4.79 Å². The van der Waals surface area contributed by atoms with Crippen molar-refractivity contribution in [3.05, 3.63) is 40.3 Å². The number of nitrogen functional groups attached to an aromatic ring is 1. The molecule has 2 heterocycles. The lowest BCUT2D eigenvalue weighted by Gasteiger charge is -2.09. The van der Waals surface area contributed by atoms with E-state index in [0.717, 1.165) is 0 Å². The number of rotatable bonds is 3. The second-order valence-electron chi connectivity index (χ2n) is 4.36. The van der Waals surface area contributed by atoms with Gasteiger partial charge in [0.15, 0.2) is 12.1 Å². The van der Waals surface area contributed by atoms with Crippen molar-refractivity contribution in [1.29, 1.82) is 0 Å². The van der Waals surface area contributed by atoms with Gasteiger partial charge in [0.2, 0.25) is 0 Å². The molecule has 0 saturated carbocycles. The zero-order valence-electron chi connectivity index (χ0n) is 11.0. The van der Waals surface area contributed by atoms with Gasteiger partial charge in [-0.1, -0.05) is 34.4 Å². The summed E-state index contributed by atoms with van der Waals surface area (Å²) < 4.78 is 0. The number of nitrogens with zero attached hydrogens (tertiary/aromatic N) is 3. The summed E-state index contributed by atoms with van der Waals surface area (Å²) in [5, 5.41) is 7.30. The van der Waals surface area contributed by atoms with Crippen LogP contribution in [0.25, 0.3) is 11.3 Å². The molecule has 2 aromatic rings. The minimum Gasteiger partial charge on any atom is -0.395 e. The van der Waals surface area contributed by atoms with Crippen LogP contribution in [0.3, 0.4) is 0 Å². The summed E-state index contributed by atoms with van der Waals surface area (Å²) in [7, 11) is 0. The van der Waals surface area contributed by atoms with Crippen molar-refractivity contribution in [2.75, 3.05) is 5.73 Å². The van der Waals surface area contributed by atoms with Crippen LogP contribution in [0.4, 0.5) is 5.69 Å². The fraction of sp³-hybridized carbons (Fsp3) is 0.0769. The maximum Gasteiger partial charge on any atom is 0.254 e. The highest BCUT2D eigenvalue weighted by molar-refractivity contribution is 6.42. The summed E-state index contributed by atoms with van der Waals surface area (Å²) in [6.07, 6.45) is 1.06. The van der Waals surface area contributed by atoms with Crippen molar-refractivity contribution in [2.24, 2.45) is 5.16 Å². The molecule has 0 radical (unpaired) electrons. The minimum atomic E-state index is -0.849. The molecule has 3 N–H and O–H groups in total. The van der Waals surface area contributed by atoms with Crippen LogP contribution in [0.2, 0.25) is 10.0 Å². The fourth-order valence-corrected chi connectivity index (χ4v) is 2.22. The highest BCUT2D eigenvalue weighted by Gasteiger charge is 2.24. The molecule has 9 heteroatoms. The molecular weight excluding hydrogens is 329 g/mol. The Kier molecular flexibility index (Phi) is 3.82. The molecule has 7 nitrogen and oxygen atoms in total. The molecule has 22 heavy (non-hydrogen) atoms. The average molecular weight is 338 g/mol. The predicted molar refractivity (Wildman–Crippen MR) is 82.5 cm³/mol. The molecule has 1 atom stereocenters. The van der Waals surface area contributed by atoms with E-state index in [0.29, 0.717) is 33.3 Å². The molecule has 1 aromatic heterocycles. The molecule has 0 saturated heterocycles. The van der Waals surface area contributed by atoms with Crippen LogP contribution in [0.1, 0.15) is 5.69 Å². The second kappa shape index (κ2) is 5.78. The van der Waals surface area contributed by atoms with E-state index in [1.54, 1.807) is 18.2 Å². The van der Waals surface area contributed by atoms with Crippen LogP contribution in [0.15, 0.2) is 29.7 Å². The first-order valence-corrected chi connectivity index (χ1v) is 6.87. The smallest absolute Gasteiger partial charge is 0.254 e. The van der Waals surface area contributed by atoms with Crippen molar-refractivity contribution in [2.45, 2.75) is 6.23 Å². The Morgan fingerprint density at radius 1 is 1.23 bits per heavy atom. The van der Waals surface area contributed by atoms with Crippen molar-refractivity contribution >= 4 is 41.0 Å². The zero-order valence-corrected chi connectivity index (χ0v) is 12.5. The second-order valence-corrected chi connectivity index (χ2v) is 5.17. The van der Waals surface area contributed by atoms with Crippen molar-refractivity contribution in [3.63, 3.8) is 0 Å². The Bertz CT molecular complexity index is 781. The number of carbonyl (C=O) groups excluding carboxylic acids is 1. The summed E-state index contributed by atoms with van der Waals surface area (Å²) in [5.41, 5.74) is 7.88. The van der Waals surface area contributed by atoms with Gasteiger partial charge >= 0.3 is 0 Å². The van der Waals surface area contributed by atoms with Crippen LogP contribution in [0, 0.1) is 0 Å². The number of oxime groups is 1. The lowest BCUT2D eigenvalue weighted by Crippen LogP contribution is -2.32. The monoisotopic (exact) mass is 337 g/mol. The molecule has 1 unspecified atom stereocenters. The number of carbonyl (C=O) groups is 1. The van der Waals surface area contributed by atoms with Gasteiger partial charge in [-0.3, -0.25) is 4.79 Å². The van der Waals surface area contributed by atoms with Crippen molar-refractivity contribution in [1.82, 2.24) is 15.3 Å². The molecule has 1 aliphatic heterocycles. The normalized spacial score (nSPS) is 16.6. The lowest BCUT2D eigenvalue weighted by atomic mass is 10.1. The number of hydrogen-bond acceptors (Lipinski definition) is 7. The first kappa shape index (κ1) is 14.6. The number of aromatic nitrogens is 2. The number of anilines is 1. The maximum absolute atomic E-state index is 10.7. The number of amidine groups is 1. The Morgan fingerprint density at radius 3 is 2.68 bits per heavy atom. The molecule has 0 amide bonds. The first-order valence-electron chi connectivity index (χ1n) is 6.12. The predicted octanol–water partition coefficient (Wildman–Crippen LogP) is 1.84. The van der Waals surface area contributed by atoms with E-state index in [1.807, 2.05) is 0 Å². The standard InChI is InChI=1S/C13H9Cl2N5O2/c14-7-2-1-6(3-8(7)15)11-10(16)12(18-5-17-11)13-19-9(4-21)22-20-13/h1-5,9H,16H2,(H,19,20). The molecule has 112 valence electrons. The van der Waals surface area contributed by atoms with Gasteiger partial charge in [-0.05, 0) is 12.1 Å². The highest BCUT2D eigenvalue weighted by atomic mass is 35.5. The third kappa shape index (κ3) is 2.56. The third-order valence-corrected chi connectivity index (χ3v) is 3.70. The quantitative estimate of drug-likeness (QED) is 0.828. The average Bonchev–Trinajstić information content (AvgIpc) is 2.99. The van der Waals surface area contributed by atoms with E-state index < -0.39 is 6.23 Å². The largest absolute Gasteiger partial charge is 0.395 e. The van der Waals surface area contributed by atoms with Crippen molar-refractivity contribution in [3.8, 4) is 11.3 Å². The van der Waals surface area contributed by atoms with Gasteiger partial charge in [0, 0.05) is 5.56 Å². The minimum absolute atomic E-state index is 0.262. The maximum atomic E-state index is 10.7. The SMILES string of the molecule is Nc1c(C2=NOC(C=O)N2)ncnc1-c1ccc(Cl)c(Cl)c1. The number of nitrogens with one attached hydrogen (secondary N) is 1. The molecule has 0 aliphatic carbocycles. The Labute approximate surface area is 135 Å². The van der Waals surface area contributed by atoms with E-state index in [4.69, 9.17) is 33.8 Å². The molecule has 1 aliphatic rings. The Morgan fingerprint density at radius 2 is 2.00 bits per heavy atom. The number of hydrogen-bond donors (Lipinski definition) is 2. The summed E-state index contributed by atoms with van der Waals surface area (Å²) in [4.78, 5) is 23.8. The van der Waals surface area contributed by atoms with E-state index in [-0.39, 0.29) is 11.5 Å². The summed E-state index contributed by atoms with van der Waals surface area (Å²) in [5.74, 6) is 0.262. The van der Waals surface area contributed by atoms with Crippen LogP contribution in [-0.2, 0) is 9.63 Å².